The summed E-state index contributed by atoms with van der Waals surface area (Å²) in [5, 5.41) is 14.0. The molecule has 6 nitrogen and oxygen atoms in total. The van der Waals surface area contributed by atoms with Crippen molar-refractivity contribution < 1.29 is 4.92 Å². The minimum Gasteiger partial charge on any atom is -0.390 e. The first-order valence-electron chi connectivity index (χ1n) is 3.57. The second kappa shape index (κ2) is 4.56. The number of hydrogen-bond donors (Lipinski definition) is 1. The molecule has 0 N–H and O–H groups in total. The number of hydrogen-bond acceptors (Lipinski definition) is 5. The van der Waals surface area contributed by atoms with Crippen molar-refractivity contribution in [3.8, 4) is 0 Å². The third-order valence-corrected chi connectivity index (χ3v) is 2.41. The maximum absolute atomic E-state index is 10.3. The Hall–Kier alpha value is -0.890. The summed E-state index contributed by atoms with van der Waals surface area (Å²) in [7, 11) is 0. The quantitative estimate of drug-likeness (QED) is 0.391. The van der Waals surface area contributed by atoms with Gasteiger partial charge >= 0.3 is 5.95 Å². The molecule has 0 aliphatic carbocycles. The van der Waals surface area contributed by atoms with Crippen molar-refractivity contribution in [2.24, 2.45) is 0 Å². The molecule has 0 saturated heterocycles. The van der Waals surface area contributed by atoms with Crippen LogP contribution >= 0.6 is 28.6 Å². The molecule has 1 aromatic heterocycles. The van der Waals surface area contributed by atoms with Crippen LogP contribution in [-0.2, 0) is 6.54 Å². The number of nitro groups is 1. The van der Waals surface area contributed by atoms with Crippen LogP contribution in [0.15, 0.2) is 16.9 Å². The number of aromatic nitrogens is 3. The van der Waals surface area contributed by atoms with Crippen LogP contribution in [0.1, 0.15) is 0 Å². The predicted octanol–water partition coefficient (Wildman–Crippen LogP) is 1.43. The summed E-state index contributed by atoms with van der Waals surface area (Å²) < 4.78 is 1.67. The highest BCUT2D eigenvalue weighted by Crippen LogP contribution is 2.13. The summed E-state index contributed by atoms with van der Waals surface area (Å²) in [4.78, 5) is 13.3. The molecule has 1 rings (SSSR count). The van der Waals surface area contributed by atoms with Gasteiger partial charge in [-0.3, -0.25) is 0 Å². The van der Waals surface area contributed by atoms with E-state index < -0.39 is 10.9 Å². The van der Waals surface area contributed by atoms with E-state index in [4.69, 9.17) is 0 Å². The molecule has 14 heavy (non-hydrogen) atoms. The Morgan fingerprint density at radius 3 is 2.86 bits per heavy atom. The zero-order valence-corrected chi connectivity index (χ0v) is 9.53. The van der Waals surface area contributed by atoms with Crippen LogP contribution in [0.2, 0.25) is 0 Å². The van der Waals surface area contributed by atoms with E-state index in [1.54, 1.807) is 0 Å². The predicted molar refractivity (Wildman–Crippen MR) is 57.4 cm³/mol. The van der Waals surface area contributed by atoms with Crippen molar-refractivity contribution in [2.45, 2.75) is 6.54 Å². The first-order valence-corrected chi connectivity index (χ1v) is 4.99. The highest BCUT2D eigenvalue weighted by Gasteiger charge is 2.19. The van der Waals surface area contributed by atoms with Crippen molar-refractivity contribution in [1.82, 2.24) is 14.8 Å². The number of thiol groups is 1. The molecule has 0 radical (unpaired) electrons. The maximum Gasteiger partial charge on any atom is 0.492 e. The molecule has 0 saturated carbocycles. The van der Waals surface area contributed by atoms with Gasteiger partial charge in [-0.05, 0) is 15.5 Å². The molecule has 76 valence electrons. The van der Waals surface area contributed by atoms with Crippen LogP contribution in [0.25, 0.3) is 0 Å². The van der Waals surface area contributed by atoms with Crippen LogP contribution in [-0.4, -0.2) is 25.4 Å². The fraction of sp³-hybridized carbons (Fsp3) is 0.333. The second-order valence-electron chi connectivity index (χ2n) is 2.50. The first kappa shape index (κ1) is 11.2. The van der Waals surface area contributed by atoms with Gasteiger partial charge in [0, 0.05) is 26.8 Å². The summed E-state index contributed by atoms with van der Waals surface area (Å²) in [6, 6.07) is 0. The highest BCUT2D eigenvalue weighted by molar-refractivity contribution is 9.10. The molecule has 0 aliphatic heterocycles. The van der Waals surface area contributed by atoms with E-state index in [-0.39, 0.29) is 0 Å². The average Bonchev–Trinajstić information content (AvgIpc) is 2.48. The number of halogens is 1. The van der Waals surface area contributed by atoms with E-state index in [9.17, 15) is 10.1 Å². The van der Waals surface area contributed by atoms with E-state index in [0.717, 1.165) is 5.57 Å². The van der Waals surface area contributed by atoms with Crippen molar-refractivity contribution in [3.05, 3.63) is 27.0 Å². The van der Waals surface area contributed by atoms with Gasteiger partial charge in [-0.2, -0.15) is 17.3 Å². The van der Waals surface area contributed by atoms with Crippen molar-refractivity contribution in [3.63, 3.8) is 0 Å². The van der Waals surface area contributed by atoms with Gasteiger partial charge in [0.25, 0.3) is 4.73 Å². The number of nitrogens with zero attached hydrogens (tertiary/aromatic N) is 4. The molecule has 0 spiro atoms. The third-order valence-electron chi connectivity index (χ3n) is 1.38. The van der Waals surface area contributed by atoms with Crippen LogP contribution in [0.4, 0.5) is 5.95 Å². The van der Waals surface area contributed by atoms with Crippen molar-refractivity contribution in [1.29, 1.82) is 0 Å². The van der Waals surface area contributed by atoms with E-state index in [2.05, 4.69) is 45.2 Å². The SMILES string of the molecule is C=C(CS)Cn1nc([N+](=O)[O-])nc1Br. The van der Waals surface area contributed by atoms with Crippen molar-refractivity contribution >= 4 is 34.5 Å². The van der Waals surface area contributed by atoms with Gasteiger partial charge in [0.15, 0.2) is 0 Å². The Bertz CT molecular complexity index is 378. The van der Waals surface area contributed by atoms with Gasteiger partial charge in [0.1, 0.15) is 0 Å². The van der Waals surface area contributed by atoms with Crippen LogP contribution in [0.3, 0.4) is 0 Å². The normalized spacial score (nSPS) is 10.1. The summed E-state index contributed by atoms with van der Waals surface area (Å²) in [5.41, 5.74) is 0.800. The fourth-order valence-electron chi connectivity index (χ4n) is 0.752. The van der Waals surface area contributed by atoms with E-state index >= 15 is 0 Å². The first-order chi connectivity index (χ1) is 6.54. The largest absolute Gasteiger partial charge is 0.492 e. The zero-order chi connectivity index (χ0) is 10.7. The molecule has 0 atom stereocenters. The summed E-state index contributed by atoms with van der Waals surface area (Å²) in [6.45, 7) is 4.07. The highest BCUT2D eigenvalue weighted by atomic mass is 79.9. The Morgan fingerprint density at radius 1 is 1.79 bits per heavy atom. The standard InChI is InChI=1S/C6H7BrN4O2S/c1-4(3-14)2-10-5(7)8-6(9-10)11(12)13/h14H,1-3H2. The van der Waals surface area contributed by atoms with E-state index in [1.165, 1.54) is 4.68 Å². The molecule has 0 aromatic carbocycles. The second-order valence-corrected chi connectivity index (χ2v) is 3.53. The monoisotopic (exact) mass is 278 g/mol. The third kappa shape index (κ3) is 2.55. The molecular weight excluding hydrogens is 272 g/mol. The minimum absolute atomic E-state index is 0.312. The maximum atomic E-state index is 10.3. The van der Waals surface area contributed by atoms with Crippen LogP contribution in [0.5, 0.6) is 0 Å². The van der Waals surface area contributed by atoms with E-state index in [0.29, 0.717) is 17.0 Å². The molecular formula is C6H7BrN4O2S. The average molecular weight is 279 g/mol. The van der Waals surface area contributed by atoms with Gasteiger partial charge in [0.2, 0.25) is 0 Å². The van der Waals surface area contributed by atoms with Gasteiger partial charge < -0.3 is 10.1 Å². The smallest absolute Gasteiger partial charge is 0.390 e. The molecule has 1 heterocycles. The molecule has 0 fully saturated rings. The lowest BCUT2D eigenvalue weighted by molar-refractivity contribution is -0.394. The Labute approximate surface area is 93.7 Å². The lowest BCUT2D eigenvalue weighted by Gasteiger charge is -1.97. The van der Waals surface area contributed by atoms with Gasteiger partial charge in [0.05, 0.1) is 6.54 Å². The zero-order valence-electron chi connectivity index (χ0n) is 7.05. The molecule has 8 heteroatoms. The molecule has 0 aliphatic rings. The molecule has 0 amide bonds. The Balaban J connectivity index is 2.88. The number of rotatable bonds is 4. The lowest BCUT2D eigenvalue weighted by atomic mass is 10.3. The lowest BCUT2D eigenvalue weighted by Crippen LogP contribution is -2.04. The van der Waals surface area contributed by atoms with Crippen LogP contribution in [0, 0.1) is 10.1 Å². The Morgan fingerprint density at radius 2 is 2.43 bits per heavy atom. The van der Waals surface area contributed by atoms with Gasteiger partial charge in [-0.15, -0.1) is 0 Å². The minimum atomic E-state index is -0.648. The Kier molecular flexibility index (Phi) is 3.64. The van der Waals surface area contributed by atoms with Gasteiger partial charge in [-0.1, -0.05) is 6.58 Å². The van der Waals surface area contributed by atoms with Crippen LogP contribution < -0.4 is 0 Å². The van der Waals surface area contributed by atoms with E-state index in [1.807, 2.05) is 0 Å². The fourth-order valence-corrected chi connectivity index (χ4v) is 1.21. The topological polar surface area (TPSA) is 73.8 Å². The summed E-state index contributed by atoms with van der Waals surface area (Å²) >= 11 is 7.08. The molecule has 0 bridgehead atoms. The summed E-state index contributed by atoms with van der Waals surface area (Å²) in [6.07, 6.45) is 0. The summed E-state index contributed by atoms with van der Waals surface area (Å²) in [5.74, 6) is 0.0731. The van der Waals surface area contributed by atoms with Gasteiger partial charge in [-0.25, -0.2) is 0 Å². The molecule has 1 aromatic rings. The molecule has 0 unspecified atom stereocenters. The van der Waals surface area contributed by atoms with Crippen molar-refractivity contribution in [2.75, 3.05) is 5.75 Å².